The smallest absolute Gasteiger partial charge is 0.324 e. The topological polar surface area (TPSA) is 87.7 Å². The van der Waals surface area contributed by atoms with Gasteiger partial charge in [-0.1, -0.05) is 0 Å². The van der Waals surface area contributed by atoms with Gasteiger partial charge in [0.05, 0.1) is 6.61 Å². The summed E-state index contributed by atoms with van der Waals surface area (Å²) in [5, 5.41) is 3.17. The number of ether oxygens (including phenoxy) is 1. The van der Waals surface area contributed by atoms with Crippen molar-refractivity contribution < 1.29 is 17.9 Å². The van der Waals surface area contributed by atoms with E-state index in [1.165, 1.54) is 4.31 Å². The SMILES string of the molecule is CCOC(=O)C1CCCN1S(=O)(=O)N[C@@H]1CCCNC1. The Balaban J connectivity index is 2.01. The molecule has 0 amide bonds. The van der Waals surface area contributed by atoms with Crippen LogP contribution >= 0.6 is 0 Å². The fourth-order valence-electron chi connectivity index (χ4n) is 2.73. The van der Waals surface area contributed by atoms with E-state index in [1.807, 2.05) is 0 Å². The average molecular weight is 305 g/mol. The molecule has 8 heteroatoms. The molecule has 7 nitrogen and oxygen atoms in total. The predicted octanol–water partition coefficient (Wildman–Crippen LogP) is -0.400. The second kappa shape index (κ2) is 6.84. The Labute approximate surface area is 120 Å². The minimum absolute atomic E-state index is 0.0998. The van der Waals surface area contributed by atoms with Crippen LogP contribution in [0, 0.1) is 0 Å². The zero-order valence-corrected chi connectivity index (χ0v) is 12.6. The third-order valence-electron chi connectivity index (χ3n) is 3.68. The first-order valence-corrected chi connectivity index (χ1v) is 8.65. The van der Waals surface area contributed by atoms with Crippen molar-refractivity contribution in [3.63, 3.8) is 0 Å². The Hall–Kier alpha value is -0.700. The molecule has 0 saturated carbocycles. The maximum absolute atomic E-state index is 12.4. The molecule has 0 aromatic carbocycles. The summed E-state index contributed by atoms with van der Waals surface area (Å²) >= 11 is 0. The number of carbonyl (C=O) groups excluding carboxylic acids is 1. The van der Waals surface area contributed by atoms with E-state index < -0.39 is 22.2 Å². The highest BCUT2D eigenvalue weighted by Crippen LogP contribution is 2.22. The molecule has 20 heavy (non-hydrogen) atoms. The zero-order chi connectivity index (χ0) is 14.6. The van der Waals surface area contributed by atoms with E-state index in [0.29, 0.717) is 25.9 Å². The minimum Gasteiger partial charge on any atom is -0.465 e. The first kappa shape index (κ1) is 15.7. The molecule has 2 heterocycles. The summed E-state index contributed by atoms with van der Waals surface area (Å²) in [5.74, 6) is -0.447. The molecule has 0 aromatic rings. The number of hydrogen-bond donors (Lipinski definition) is 2. The summed E-state index contributed by atoms with van der Waals surface area (Å²) < 4.78 is 33.7. The van der Waals surface area contributed by atoms with E-state index in [9.17, 15) is 13.2 Å². The van der Waals surface area contributed by atoms with Gasteiger partial charge in [0, 0.05) is 19.1 Å². The van der Waals surface area contributed by atoms with Crippen molar-refractivity contribution in [2.24, 2.45) is 0 Å². The van der Waals surface area contributed by atoms with E-state index in [-0.39, 0.29) is 12.6 Å². The van der Waals surface area contributed by atoms with Crippen LogP contribution in [0.3, 0.4) is 0 Å². The maximum Gasteiger partial charge on any atom is 0.324 e. The number of esters is 1. The quantitative estimate of drug-likeness (QED) is 0.675. The Morgan fingerprint density at radius 3 is 2.85 bits per heavy atom. The molecule has 0 spiro atoms. The van der Waals surface area contributed by atoms with E-state index in [0.717, 1.165) is 19.4 Å². The standard InChI is InChI=1S/C12H23N3O4S/c1-2-19-12(16)11-6-4-8-15(11)20(17,18)14-10-5-3-7-13-9-10/h10-11,13-14H,2-9H2,1H3/t10-,11?/m1/s1. The van der Waals surface area contributed by atoms with Crippen molar-refractivity contribution in [3.8, 4) is 0 Å². The van der Waals surface area contributed by atoms with Gasteiger partial charge in [0.15, 0.2) is 0 Å². The molecule has 0 bridgehead atoms. The van der Waals surface area contributed by atoms with Gasteiger partial charge in [-0.2, -0.15) is 17.4 Å². The third-order valence-corrected chi connectivity index (χ3v) is 5.37. The highest BCUT2D eigenvalue weighted by Gasteiger charge is 2.40. The van der Waals surface area contributed by atoms with Gasteiger partial charge in [-0.25, -0.2) is 0 Å². The average Bonchev–Trinajstić information content (AvgIpc) is 2.90. The van der Waals surface area contributed by atoms with Crippen molar-refractivity contribution in [3.05, 3.63) is 0 Å². The van der Waals surface area contributed by atoms with Crippen molar-refractivity contribution in [1.82, 2.24) is 14.3 Å². The Bertz CT molecular complexity index is 434. The van der Waals surface area contributed by atoms with Gasteiger partial charge in [-0.3, -0.25) is 4.79 Å². The molecular formula is C12H23N3O4S. The van der Waals surface area contributed by atoms with Crippen LogP contribution in [-0.4, -0.2) is 57.0 Å². The van der Waals surface area contributed by atoms with Gasteiger partial charge in [-0.05, 0) is 39.2 Å². The highest BCUT2D eigenvalue weighted by molar-refractivity contribution is 7.87. The van der Waals surface area contributed by atoms with Crippen molar-refractivity contribution in [2.45, 2.75) is 44.7 Å². The molecular weight excluding hydrogens is 282 g/mol. The number of carbonyl (C=O) groups is 1. The Kier molecular flexibility index (Phi) is 5.36. The molecule has 0 aliphatic carbocycles. The van der Waals surface area contributed by atoms with Crippen LogP contribution in [0.4, 0.5) is 0 Å². The van der Waals surface area contributed by atoms with Crippen LogP contribution in [0.1, 0.15) is 32.6 Å². The number of rotatable bonds is 5. The van der Waals surface area contributed by atoms with E-state index in [4.69, 9.17) is 4.74 Å². The largest absolute Gasteiger partial charge is 0.465 e. The fraction of sp³-hybridized carbons (Fsp3) is 0.917. The summed E-state index contributed by atoms with van der Waals surface area (Å²) in [7, 11) is -3.63. The van der Waals surface area contributed by atoms with Gasteiger partial charge in [-0.15, -0.1) is 0 Å². The number of nitrogens with one attached hydrogen (secondary N) is 2. The van der Waals surface area contributed by atoms with Crippen LogP contribution in [0.25, 0.3) is 0 Å². The summed E-state index contributed by atoms with van der Waals surface area (Å²) in [4.78, 5) is 11.8. The van der Waals surface area contributed by atoms with Crippen LogP contribution in [0.15, 0.2) is 0 Å². The fourth-order valence-corrected chi connectivity index (χ4v) is 4.39. The highest BCUT2D eigenvalue weighted by atomic mass is 32.2. The normalized spacial score (nSPS) is 28.4. The first-order chi connectivity index (χ1) is 9.54. The lowest BCUT2D eigenvalue weighted by molar-refractivity contribution is -0.146. The second-order valence-corrected chi connectivity index (χ2v) is 6.84. The molecule has 2 atom stereocenters. The Morgan fingerprint density at radius 1 is 1.40 bits per heavy atom. The van der Waals surface area contributed by atoms with Crippen LogP contribution in [-0.2, 0) is 19.7 Å². The van der Waals surface area contributed by atoms with E-state index in [2.05, 4.69) is 10.0 Å². The summed E-state index contributed by atoms with van der Waals surface area (Å²) in [5.41, 5.74) is 0. The van der Waals surface area contributed by atoms with E-state index >= 15 is 0 Å². The minimum atomic E-state index is -3.63. The molecule has 1 unspecified atom stereocenters. The van der Waals surface area contributed by atoms with Gasteiger partial charge in [0.25, 0.3) is 10.2 Å². The predicted molar refractivity (Wildman–Crippen MR) is 74.3 cm³/mol. The Morgan fingerprint density at radius 2 is 2.20 bits per heavy atom. The van der Waals surface area contributed by atoms with Crippen LogP contribution in [0.2, 0.25) is 0 Å². The van der Waals surface area contributed by atoms with E-state index in [1.54, 1.807) is 6.92 Å². The number of hydrogen-bond acceptors (Lipinski definition) is 5. The number of piperidine rings is 1. The van der Waals surface area contributed by atoms with Gasteiger partial charge in [0.1, 0.15) is 6.04 Å². The molecule has 2 aliphatic rings. The second-order valence-electron chi connectivity index (χ2n) is 5.19. The molecule has 0 aromatic heterocycles. The summed E-state index contributed by atoms with van der Waals surface area (Å²) in [6.45, 7) is 3.92. The summed E-state index contributed by atoms with van der Waals surface area (Å²) in [6, 6.07) is -0.777. The summed E-state index contributed by atoms with van der Waals surface area (Å²) in [6.07, 6.45) is 2.99. The molecule has 0 radical (unpaired) electrons. The van der Waals surface area contributed by atoms with Crippen molar-refractivity contribution >= 4 is 16.2 Å². The zero-order valence-electron chi connectivity index (χ0n) is 11.8. The third kappa shape index (κ3) is 3.69. The van der Waals surface area contributed by atoms with Crippen molar-refractivity contribution in [2.75, 3.05) is 26.2 Å². The first-order valence-electron chi connectivity index (χ1n) is 7.21. The number of nitrogens with zero attached hydrogens (tertiary/aromatic N) is 1. The molecule has 2 rings (SSSR count). The molecule has 2 fully saturated rings. The van der Waals surface area contributed by atoms with Crippen LogP contribution < -0.4 is 10.0 Å². The molecule has 2 aliphatic heterocycles. The maximum atomic E-state index is 12.4. The lowest BCUT2D eigenvalue weighted by atomic mass is 10.1. The van der Waals surface area contributed by atoms with Crippen molar-refractivity contribution in [1.29, 1.82) is 0 Å². The van der Waals surface area contributed by atoms with Gasteiger partial charge < -0.3 is 10.1 Å². The van der Waals surface area contributed by atoms with Crippen LogP contribution in [0.5, 0.6) is 0 Å². The monoisotopic (exact) mass is 305 g/mol. The molecule has 116 valence electrons. The van der Waals surface area contributed by atoms with Gasteiger partial charge in [0.2, 0.25) is 0 Å². The lowest BCUT2D eigenvalue weighted by Crippen LogP contribution is -2.53. The van der Waals surface area contributed by atoms with Gasteiger partial charge >= 0.3 is 5.97 Å². The molecule has 2 saturated heterocycles. The lowest BCUT2D eigenvalue weighted by Gasteiger charge is -2.28. The molecule has 2 N–H and O–H groups in total.